The molecule has 0 radical (unpaired) electrons. The Hall–Kier alpha value is -4.17. The van der Waals surface area contributed by atoms with E-state index < -0.39 is 29.2 Å². The number of hydrogen-bond acceptors (Lipinski definition) is 6. The van der Waals surface area contributed by atoms with Gasteiger partial charge in [0.1, 0.15) is 12.1 Å². The monoisotopic (exact) mass is 456 g/mol. The Labute approximate surface area is 191 Å². The highest BCUT2D eigenvalue weighted by molar-refractivity contribution is 8.18. The third-order valence-corrected chi connectivity index (χ3v) is 6.10. The predicted octanol–water partition coefficient (Wildman–Crippen LogP) is 4.62. The van der Waals surface area contributed by atoms with Crippen molar-refractivity contribution in [2.24, 2.45) is 0 Å². The van der Waals surface area contributed by atoms with Crippen LogP contribution in [0.5, 0.6) is 0 Å². The molecule has 0 saturated carbocycles. The van der Waals surface area contributed by atoms with Crippen LogP contribution in [0.1, 0.15) is 5.56 Å². The second-order valence-electron chi connectivity index (χ2n) is 7.37. The number of nitrogens with one attached hydrogen (secondary N) is 1. The normalized spacial score (nSPS) is 15.0. The highest BCUT2D eigenvalue weighted by Crippen LogP contribution is 2.32. The molecule has 33 heavy (non-hydrogen) atoms. The molecule has 1 N–H and O–H groups in total. The van der Waals surface area contributed by atoms with Crippen LogP contribution in [0.25, 0.3) is 27.8 Å². The molecule has 1 aromatic heterocycles. The number of carbonyl (C=O) groups excluding carboxylic acids is 3. The van der Waals surface area contributed by atoms with Gasteiger partial charge >= 0.3 is 5.63 Å². The summed E-state index contributed by atoms with van der Waals surface area (Å²) in [5, 5.41) is 4.69. The van der Waals surface area contributed by atoms with E-state index in [9.17, 15) is 19.2 Å². The van der Waals surface area contributed by atoms with Crippen molar-refractivity contribution in [2.75, 3.05) is 11.9 Å². The lowest BCUT2D eigenvalue weighted by molar-refractivity contribution is -0.127. The molecule has 2 heterocycles. The van der Waals surface area contributed by atoms with E-state index >= 15 is 0 Å². The summed E-state index contributed by atoms with van der Waals surface area (Å²) in [4.78, 5) is 51.0. The van der Waals surface area contributed by atoms with Gasteiger partial charge in [0.2, 0.25) is 5.91 Å². The van der Waals surface area contributed by atoms with E-state index in [0.29, 0.717) is 28.4 Å². The van der Waals surface area contributed by atoms with Gasteiger partial charge in [-0.25, -0.2) is 4.79 Å². The molecular weight excluding hydrogens is 440 g/mol. The molecule has 3 amide bonds. The van der Waals surface area contributed by atoms with Gasteiger partial charge in [0.05, 0.1) is 10.5 Å². The molecule has 4 aromatic rings. The maximum Gasteiger partial charge on any atom is 0.343 e. The van der Waals surface area contributed by atoms with E-state index in [1.165, 1.54) is 6.08 Å². The molecule has 1 saturated heterocycles. The summed E-state index contributed by atoms with van der Waals surface area (Å²) in [6.45, 7) is -0.433. The van der Waals surface area contributed by atoms with Gasteiger partial charge < -0.3 is 9.73 Å². The zero-order valence-corrected chi connectivity index (χ0v) is 17.9. The van der Waals surface area contributed by atoms with Crippen LogP contribution < -0.4 is 10.9 Å². The van der Waals surface area contributed by atoms with Crippen molar-refractivity contribution in [1.82, 2.24) is 4.90 Å². The third kappa shape index (κ3) is 4.04. The zero-order chi connectivity index (χ0) is 22.9. The summed E-state index contributed by atoms with van der Waals surface area (Å²) in [5.41, 5.74) is 0.556. The Balaban J connectivity index is 1.36. The number of fused-ring (bicyclic) bond motifs is 2. The molecule has 5 rings (SSSR count). The summed E-state index contributed by atoms with van der Waals surface area (Å²) in [7, 11) is 0. The summed E-state index contributed by atoms with van der Waals surface area (Å²) in [5.74, 6) is -1.13. The number of hydrogen-bond donors (Lipinski definition) is 1. The Morgan fingerprint density at radius 2 is 1.67 bits per heavy atom. The van der Waals surface area contributed by atoms with Gasteiger partial charge in [0.25, 0.3) is 11.1 Å². The fourth-order valence-electron chi connectivity index (χ4n) is 3.62. The lowest BCUT2D eigenvalue weighted by Crippen LogP contribution is -2.36. The van der Waals surface area contributed by atoms with Gasteiger partial charge in [-0.05, 0) is 41.4 Å². The molecule has 1 aliphatic heterocycles. The average Bonchev–Trinajstić information content (AvgIpc) is 3.07. The summed E-state index contributed by atoms with van der Waals surface area (Å²) < 4.78 is 5.27. The van der Waals surface area contributed by atoms with Crippen LogP contribution in [0.3, 0.4) is 0 Å². The quantitative estimate of drug-likeness (QED) is 0.356. The molecule has 0 unspecified atom stereocenters. The summed E-state index contributed by atoms with van der Waals surface area (Å²) in [6, 6.07) is 21.7. The van der Waals surface area contributed by atoms with Crippen LogP contribution in [0.2, 0.25) is 0 Å². The largest absolute Gasteiger partial charge is 0.422 e. The molecule has 0 bridgehead atoms. The zero-order valence-electron chi connectivity index (χ0n) is 17.1. The van der Waals surface area contributed by atoms with Crippen molar-refractivity contribution in [1.29, 1.82) is 0 Å². The lowest BCUT2D eigenvalue weighted by Gasteiger charge is -2.13. The minimum absolute atomic E-state index is 0.0561. The van der Waals surface area contributed by atoms with Crippen molar-refractivity contribution >= 4 is 62.3 Å². The van der Waals surface area contributed by atoms with E-state index in [-0.39, 0.29) is 10.5 Å². The maximum absolute atomic E-state index is 12.8. The van der Waals surface area contributed by atoms with Gasteiger partial charge in [-0.3, -0.25) is 19.3 Å². The van der Waals surface area contributed by atoms with Gasteiger partial charge in [0.15, 0.2) is 0 Å². The fourth-order valence-corrected chi connectivity index (χ4v) is 4.45. The van der Waals surface area contributed by atoms with Crippen molar-refractivity contribution in [3.05, 3.63) is 93.7 Å². The molecular formula is C25H16N2O5S. The molecule has 0 spiro atoms. The molecule has 0 atom stereocenters. The van der Waals surface area contributed by atoms with Crippen molar-refractivity contribution in [3.8, 4) is 0 Å². The number of benzene rings is 3. The lowest BCUT2D eigenvalue weighted by atomic mass is 10.1. The van der Waals surface area contributed by atoms with E-state index in [0.717, 1.165) is 15.7 Å². The first-order valence-corrected chi connectivity index (χ1v) is 10.9. The number of thioether (sulfide) groups is 1. The predicted molar refractivity (Wildman–Crippen MR) is 128 cm³/mol. The molecule has 7 nitrogen and oxygen atoms in total. The van der Waals surface area contributed by atoms with Crippen LogP contribution in [0, 0.1) is 0 Å². The first-order chi connectivity index (χ1) is 16.0. The Morgan fingerprint density at radius 3 is 2.52 bits per heavy atom. The van der Waals surface area contributed by atoms with E-state index in [1.807, 2.05) is 36.4 Å². The Kier molecular flexibility index (Phi) is 5.27. The van der Waals surface area contributed by atoms with E-state index in [2.05, 4.69) is 5.32 Å². The molecule has 162 valence electrons. The minimum Gasteiger partial charge on any atom is -0.422 e. The number of imide groups is 1. The van der Waals surface area contributed by atoms with E-state index in [4.69, 9.17) is 4.42 Å². The Morgan fingerprint density at radius 1 is 0.939 bits per heavy atom. The van der Waals surface area contributed by atoms with Gasteiger partial charge in [-0.2, -0.15) is 0 Å². The van der Waals surface area contributed by atoms with E-state index in [1.54, 1.807) is 36.4 Å². The molecule has 3 aromatic carbocycles. The fraction of sp³-hybridized carbons (Fsp3) is 0.0400. The van der Waals surface area contributed by atoms with Crippen LogP contribution in [0.15, 0.2) is 86.9 Å². The van der Waals surface area contributed by atoms with Gasteiger partial charge in [-0.15, -0.1) is 0 Å². The van der Waals surface area contributed by atoms with Crippen molar-refractivity contribution in [3.63, 3.8) is 0 Å². The standard InChI is InChI=1S/C25H16N2O5S/c28-22(26-19-10-5-8-15-6-1-3-9-18(15)19)14-27-23(29)21(33-25(27)31)13-17-12-16-7-2-4-11-20(16)32-24(17)30/h1-13H,14H2,(H,26,28)/b21-13+. The highest BCUT2D eigenvalue weighted by Gasteiger charge is 2.36. The third-order valence-electron chi connectivity index (χ3n) is 5.19. The van der Waals surface area contributed by atoms with Crippen LogP contribution in [-0.2, 0) is 9.59 Å². The SMILES string of the molecule is O=C(CN1C(=O)S/C(=C/c2cc3ccccc3oc2=O)C1=O)Nc1cccc2ccccc12. The number of para-hydroxylation sites is 1. The van der Waals surface area contributed by atoms with Crippen LogP contribution in [-0.4, -0.2) is 28.5 Å². The molecule has 0 aliphatic carbocycles. The second-order valence-corrected chi connectivity index (χ2v) is 8.36. The first kappa shape index (κ1) is 20.7. The number of anilines is 1. The Bertz CT molecular complexity index is 1530. The van der Waals surface area contributed by atoms with Crippen molar-refractivity contribution < 1.29 is 18.8 Å². The molecule has 1 aliphatic rings. The molecule has 1 fully saturated rings. The van der Waals surface area contributed by atoms with Crippen LogP contribution in [0.4, 0.5) is 10.5 Å². The van der Waals surface area contributed by atoms with Crippen LogP contribution >= 0.6 is 11.8 Å². The number of rotatable bonds is 4. The topological polar surface area (TPSA) is 96.7 Å². The summed E-state index contributed by atoms with van der Waals surface area (Å²) >= 11 is 0.680. The minimum atomic E-state index is -0.634. The van der Waals surface area contributed by atoms with Crippen molar-refractivity contribution in [2.45, 2.75) is 0 Å². The van der Waals surface area contributed by atoms with Gasteiger partial charge in [0, 0.05) is 16.5 Å². The number of carbonyl (C=O) groups is 3. The second kappa shape index (κ2) is 8.40. The first-order valence-electron chi connectivity index (χ1n) is 10.1. The highest BCUT2D eigenvalue weighted by atomic mass is 32.2. The maximum atomic E-state index is 12.8. The number of nitrogens with zero attached hydrogens (tertiary/aromatic N) is 1. The summed E-state index contributed by atoms with van der Waals surface area (Å²) in [6.07, 6.45) is 1.33. The smallest absolute Gasteiger partial charge is 0.343 e. The van der Waals surface area contributed by atoms with Gasteiger partial charge in [-0.1, -0.05) is 54.6 Å². The molecule has 8 heteroatoms. The average molecular weight is 456 g/mol. The number of amides is 3.